The predicted octanol–water partition coefficient (Wildman–Crippen LogP) is 4.00. The minimum Gasteiger partial charge on any atom is -0.496 e. The van der Waals surface area contributed by atoms with Gasteiger partial charge in [-0.3, -0.25) is 0 Å². The normalized spacial score (nSPS) is 10.6. The fourth-order valence-corrected chi connectivity index (χ4v) is 2.52. The molecule has 2 aromatic carbocycles. The number of halogens is 1. The van der Waals surface area contributed by atoms with Gasteiger partial charge in [0.2, 0.25) is 0 Å². The zero-order valence-corrected chi connectivity index (χ0v) is 12.5. The maximum atomic E-state index is 6.12. The molecule has 1 aromatic heterocycles. The minimum atomic E-state index is 0.634. The molecule has 1 N–H and O–H groups in total. The van der Waals surface area contributed by atoms with Crippen molar-refractivity contribution in [2.24, 2.45) is 0 Å². The standard InChI is InChI=1S/C16H14ClN3O/c1-18-16-12-6-4-3-5-11(12)15(19-20-16)13-9-10(17)7-8-14(13)21-2/h3-9H,1-2H3,(H,18,20). The molecule has 0 saturated carbocycles. The topological polar surface area (TPSA) is 47.0 Å². The van der Waals surface area contributed by atoms with Gasteiger partial charge < -0.3 is 10.1 Å². The van der Waals surface area contributed by atoms with Crippen LogP contribution in [0.1, 0.15) is 0 Å². The number of ether oxygens (including phenoxy) is 1. The van der Waals surface area contributed by atoms with Crippen LogP contribution in [0.4, 0.5) is 5.82 Å². The number of methoxy groups -OCH3 is 1. The summed E-state index contributed by atoms with van der Waals surface area (Å²) in [7, 11) is 3.46. The molecule has 0 radical (unpaired) electrons. The third-order valence-electron chi connectivity index (χ3n) is 3.34. The van der Waals surface area contributed by atoms with Crippen molar-refractivity contribution in [1.29, 1.82) is 0 Å². The zero-order valence-electron chi connectivity index (χ0n) is 11.7. The summed E-state index contributed by atoms with van der Waals surface area (Å²) >= 11 is 6.12. The van der Waals surface area contributed by atoms with E-state index in [-0.39, 0.29) is 0 Å². The largest absolute Gasteiger partial charge is 0.496 e. The van der Waals surface area contributed by atoms with Gasteiger partial charge in [-0.1, -0.05) is 35.9 Å². The van der Waals surface area contributed by atoms with E-state index in [0.29, 0.717) is 5.02 Å². The van der Waals surface area contributed by atoms with Gasteiger partial charge >= 0.3 is 0 Å². The van der Waals surface area contributed by atoms with E-state index in [1.54, 1.807) is 13.2 Å². The van der Waals surface area contributed by atoms with Gasteiger partial charge in [0.25, 0.3) is 0 Å². The second-order valence-corrected chi connectivity index (χ2v) is 4.97. The Labute approximate surface area is 127 Å². The van der Waals surface area contributed by atoms with Crippen molar-refractivity contribution >= 4 is 28.2 Å². The SMILES string of the molecule is CNc1nnc(-c2cc(Cl)ccc2OC)c2ccccc12. The Morgan fingerprint density at radius 3 is 2.52 bits per heavy atom. The lowest BCUT2D eigenvalue weighted by Crippen LogP contribution is -1.99. The summed E-state index contributed by atoms with van der Waals surface area (Å²) in [6.45, 7) is 0. The molecule has 0 bridgehead atoms. The first kappa shape index (κ1) is 13.6. The van der Waals surface area contributed by atoms with Gasteiger partial charge in [0, 0.05) is 28.4 Å². The predicted molar refractivity (Wildman–Crippen MR) is 86.1 cm³/mol. The number of benzene rings is 2. The highest BCUT2D eigenvalue weighted by molar-refractivity contribution is 6.31. The van der Waals surface area contributed by atoms with Gasteiger partial charge in [0.15, 0.2) is 5.82 Å². The quantitative estimate of drug-likeness (QED) is 0.794. The second-order valence-electron chi connectivity index (χ2n) is 4.54. The summed E-state index contributed by atoms with van der Waals surface area (Å²) in [5.41, 5.74) is 1.58. The van der Waals surface area contributed by atoms with Crippen LogP contribution in [0.15, 0.2) is 42.5 Å². The third kappa shape index (κ3) is 2.38. The van der Waals surface area contributed by atoms with E-state index >= 15 is 0 Å². The molecular formula is C16H14ClN3O. The average Bonchev–Trinajstić information content (AvgIpc) is 2.53. The molecule has 0 amide bonds. The first-order valence-corrected chi connectivity index (χ1v) is 6.89. The molecular weight excluding hydrogens is 286 g/mol. The molecule has 0 aliphatic carbocycles. The Balaban J connectivity index is 2.34. The van der Waals surface area contributed by atoms with E-state index in [1.165, 1.54) is 0 Å². The first-order valence-electron chi connectivity index (χ1n) is 6.51. The number of anilines is 1. The highest BCUT2D eigenvalue weighted by Crippen LogP contribution is 2.36. The molecule has 3 rings (SSSR count). The van der Waals surface area contributed by atoms with Crippen molar-refractivity contribution in [3.8, 4) is 17.0 Å². The lowest BCUT2D eigenvalue weighted by atomic mass is 10.0. The molecule has 21 heavy (non-hydrogen) atoms. The Kier molecular flexibility index (Phi) is 3.62. The molecule has 5 heteroatoms. The highest BCUT2D eigenvalue weighted by atomic mass is 35.5. The molecule has 0 atom stereocenters. The van der Waals surface area contributed by atoms with Crippen LogP contribution in [-0.4, -0.2) is 24.4 Å². The van der Waals surface area contributed by atoms with Gasteiger partial charge in [-0.15, -0.1) is 10.2 Å². The Hall–Kier alpha value is -2.33. The van der Waals surface area contributed by atoms with Gasteiger partial charge in [0.05, 0.1) is 7.11 Å². The molecule has 0 spiro atoms. The van der Waals surface area contributed by atoms with E-state index in [4.69, 9.17) is 16.3 Å². The molecule has 0 unspecified atom stereocenters. The van der Waals surface area contributed by atoms with Crippen molar-refractivity contribution < 1.29 is 4.74 Å². The van der Waals surface area contributed by atoms with E-state index in [9.17, 15) is 0 Å². The number of aromatic nitrogens is 2. The van der Waals surface area contributed by atoms with Crippen molar-refractivity contribution in [2.45, 2.75) is 0 Å². The Bertz CT molecular complexity index is 805. The molecule has 3 aromatic rings. The van der Waals surface area contributed by atoms with Crippen LogP contribution in [0, 0.1) is 0 Å². The Morgan fingerprint density at radius 2 is 1.81 bits per heavy atom. The summed E-state index contributed by atoms with van der Waals surface area (Å²) in [6.07, 6.45) is 0. The number of fused-ring (bicyclic) bond motifs is 1. The van der Waals surface area contributed by atoms with Crippen LogP contribution in [0.5, 0.6) is 5.75 Å². The van der Waals surface area contributed by atoms with Crippen LogP contribution in [0.3, 0.4) is 0 Å². The maximum Gasteiger partial charge on any atom is 0.156 e. The molecule has 0 aliphatic heterocycles. The van der Waals surface area contributed by atoms with Gasteiger partial charge in [0.1, 0.15) is 11.4 Å². The lowest BCUT2D eigenvalue weighted by Gasteiger charge is -2.12. The minimum absolute atomic E-state index is 0.634. The van der Waals surface area contributed by atoms with Gasteiger partial charge in [-0.25, -0.2) is 0 Å². The third-order valence-corrected chi connectivity index (χ3v) is 3.58. The van der Waals surface area contributed by atoms with Crippen LogP contribution in [0.25, 0.3) is 22.0 Å². The molecule has 106 valence electrons. The van der Waals surface area contributed by atoms with E-state index in [1.807, 2.05) is 43.4 Å². The van der Waals surface area contributed by atoms with E-state index in [2.05, 4.69) is 15.5 Å². The lowest BCUT2D eigenvalue weighted by molar-refractivity contribution is 0.416. The van der Waals surface area contributed by atoms with E-state index < -0.39 is 0 Å². The maximum absolute atomic E-state index is 6.12. The number of hydrogen-bond donors (Lipinski definition) is 1. The number of hydrogen-bond acceptors (Lipinski definition) is 4. The van der Waals surface area contributed by atoms with Crippen LogP contribution in [-0.2, 0) is 0 Å². The fourth-order valence-electron chi connectivity index (χ4n) is 2.35. The first-order chi connectivity index (χ1) is 10.2. The molecule has 1 heterocycles. The van der Waals surface area contributed by atoms with Crippen LogP contribution >= 0.6 is 11.6 Å². The molecule has 0 aliphatic rings. The zero-order chi connectivity index (χ0) is 14.8. The van der Waals surface area contributed by atoms with Gasteiger partial charge in [-0.05, 0) is 18.2 Å². The summed E-state index contributed by atoms with van der Waals surface area (Å²) in [6, 6.07) is 13.4. The van der Waals surface area contributed by atoms with Crippen LogP contribution in [0.2, 0.25) is 5.02 Å². The Morgan fingerprint density at radius 1 is 1.05 bits per heavy atom. The monoisotopic (exact) mass is 299 g/mol. The smallest absolute Gasteiger partial charge is 0.156 e. The highest BCUT2D eigenvalue weighted by Gasteiger charge is 2.14. The van der Waals surface area contributed by atoms with E-state index in [0.717, 1.165) is 33.6 Å². The van der Waals surface area contributed by atoms with Crippen molar-refractivity contribution in [3.05, 3.63) is 47.5 Å². The van der Waals surface area contributed by atoms with Crippen LogP contribution < -0.4 is 10.1 Å². The second kappa shape index (κ2) is 5.58. The van der Waals surface area contributed by atoms with Crippen molar-refractivity contribution in [1.82, 2.24) is 10.2 Å². The number of nitrogens with zero attached hydrogens (tertiary/aromatic N) is 2. The van der Waals surface area contributed by atoms with Crippen molar-refractivity contribution in [2.75, 3.05) is 19.5 Å². The average molecular weight is 300 g/mol. The molecule has 4 nitrogen and oxygen atoms in total. The van der Waals surface area contributed by atoms with Crippen molar-refractivity contribution in [3.63, 3.8) is 0 Å². The fraction of sp³-hybridized carbons (Fsp3) is 0.125. The van der Waals surface area contributed by atoms with Gasteiger partial charge in [-0.2, -0.15) is 0 Å². The summed E-state index contributed by atoms with van der Waals surface area (Å²) in [5, 5.41) is 14.3. The number of rotatable bonds is 3. The molecule has 0 fully saturated rings. The number of nitrogens with one attached hydrogen (secondary N) is 1. The summed E-state index contributed by atoms with van der Waals surface area (Å²) in [4.78, 5) is 0. The summed E-state index contributed by atoms with van der Waals surface area (Å²) in [5.74, 6) is 1.46. The summed E-state index contributed by atoms with van der Waals surface area (Å²) < 4.78 is 5.42. The molecule has 0 saturated heterocycles.